The number of hydrogen-bond donors (Lipinski definition) is 5. The van der Waals surface area contributed by atoms with Crippen molar-refractivity contribution >= 4 is 23.8 Å². The number of methoxy groups -OCH3 is 2. The van der Waals surface area contributed by atoms with E-state index in [0.29, 0.717) is 95.6 Å². The third-order valence-electron chi connectivity index (χ3n) is 19.0. The van der Waals surface area contributed by atoms with Gasteiger partial charge < -0.3 is 63.8 Å². The molecule has 12 rings (SSSR count). The molecule has 0 saturated carbocycles. The van der Waals surface area contributed by atoms with Gasteiger partial charge in [-0.2, -0.15) is 5.26 Å². The molecule has 0 aliphatic carbocycles. The first-order valence-corrected chi connectivity index (χ1v) is 30.1. The molecule has 0 radical (unpaired) electrons. The van der Waals surface area contributed by atoms with Gasteiger partial charge >= 0.3 is 11.9 Å². The van der Waals surface area contributed by atoms with E-state index in [4.69, 9.17) is 37.9 Å². The maximum Gasteiger partial charge on any atom is 0.308 e. The molecule has 10 atom stereocenters. The van der Waals surface area contributed by atoms with E-state index < -0.39 is 36.3 Å². The van der Waals surface area contributed by atoms with Crippen molar-refractivity contribution in [2.45, 2.75) is 168 Å². The largest absolute Gasteiger partial charge is 0.504 e. The highest BCUT2D eigenvalue weighted by Crippen LogP contribution is 2.61. The van der Waals surface area contributed by atoms with E-state index in [-0.39, 0.29) is 98.1 Å². The quantitative estimate of drug-likeness (QED) is 0.0735. The number of aryl methyl sites for hydroxylation is 2. The summed E-state index contributed by atoms with van der Waals surface area (Å²) in [5.74, 6) is 3.22. The Kier molecular flexibility index (Phi) is 16.5. The predicted molar refractivity (Wildman–Crippen MR) is 316 cm³/mol. The van der Waals surface area contributed by atoms with E-state index in [9.17, 15) is 39.8 Å². The summed E-state index contributed by atoms with van der Waals surface area (Å²) in [6.45, 7) is 18.6. The monoisotopic (exact) mass is 1200 g/mol. The van der Waals surface area contributed by atoms with Gasteiger partial charge in [0, 0.05) is 102 Å². The summed E-state index contributed by atoms with van der Waals surface area (Å²) in [5, 5.41) is 52.3. The number of aliphatic hydroxyl groups excluding tert-OH is 1. The van der Waals surface area contributed by atoms with Crippen LogP contribution in [0.3, 0.4) is 0 Å². The zero-order chi connectivity index (χ0) is 62.5. The second-order valence-corrected chi connectivity index (χ2v) is 25.3. The number of ether oxygens (including phenoxy) is 8. The van der Waals surface area contributed by atoms with Gasteiger partial charge in [-0.25, -0.2) is 0 Å². The van der Waals surface area contributed by atoms with E-state index in [1.807, 2.05) is 75.6 Å². The van der Waals surface area contributed by atoms with E-state index in [1.54, 1.807) is 14.2 Å². The fourth-order valence-electron chi connectivity index (χ4n) is 15.7. The summed E-state index contributed by atoms with van der Waals surface area (Å²) in [6, 6.07) is 3.33. The van der Waals surface area contributed by atoms with Crippen molar-refractivity contribution in [3.8, 4) is 63.6 Å². The number of rotatable bonds is 12. The van der Waals surface area contributed by atoms with Crippen LogP contribution in [0.15, 0.2) is 12.1 Å². The van der Waals surface area contributed by atoms with Crippen LogP contribution in [0.4, 0.5) is 0 Å². The Morgan fingerprint density at radius 3 is 1.43 bits per heavy atom. The first-order chi connectivity index (χ1) is 41.4. The Hall–Kier alpha value is -7.55. The molecule has 4 aromatic carbocycles. The van der Waals surface area contributed by atoms with Crippen LogP contribution >= 0.6 is 0 Å². The molecule has 2 saturated heterocycles. The minimum Gasteiger partial charge on any atom is -0.504 e. The van der Waals surface area contributed by atoms with Crippen molar-refractivity contribution < 1.29 is 72.4 Å². The van der Waals surface area contributed by atoms with Crippen molar-refractivity contribution in [2.24, 2.45) is 11.8 Å². The molecule has 2 amide bonds. The lowest BCUT2D eigenvalue weighted by molar-refractivity contribution is -0.172. The SMILES string of the molecule is COc1c(C)cc2c(c1O)[C@@H]1C3Cc4c(OC(C)=O)c(C)c5c(c4[C@H](CNC(=O)CC(C)C)N3[C@@H](C#N)[C@H](C2)N1C)OCO5.COc1c(C)cc2c(c1O)[C@@H]1C3Cc4c(OC(C)=O)c(C)c5c(c4[C@H](CNC(=O)CC(C)C)N3[C@@H](O)[C@H](C2)N1C)OCO5. The van der Waals surface area contributed by atoms with Gasteiger partial charge in [0.2, 0.25) is 25.4 Å². The molecule has 8 aliphatic rings. The maximum absolute atomic E-state index is 13.0. The van der Waals surface area contributed by atoms with Gasteiger partial charge in [-0.05, 0) is 102 Å². The van der Waals surface area contributed by atoms with Crippen molar-refractivity contribution in [3.05, 3.63) is 78.9 Å². The average molecular weight is 1200 g/mol. The topological polar surface area (TPSA) is 264 Å². The number of hydrogen-bond acceptors (Lipinski definition) is 20. The number of aliphatic hydroxyl groups is 1. The number of likely N-dealkylation sites (N-methyl/N-ethyl adjacent to an activating group) is 2. The third-order valence-corrected chi connectivity index (χ3v) is 19.0. The first kappa shape index (κ1) is 61.1. The Morgan fingerprint density at radius 1 is 0.609 bits per heavy atom. The van der Waals surface area contributed by atoms with E-state index in [0.717, 1.165) is 55.6 Å². The second-order valence-electron chi connectivity index (χ2n) is 25.3. The van der Waals surface area contributed by atoms with E-state index in [1.165, 1.54) is 13.8 Å². The molecule has 2 unspecified atom stereocenters. The zero-order valence-corrected chi connectivity index (χ0v) is 52.1. The summed E-state index contributed by atoms with van der Waals surface area (Å²) >= 11 is 0. The molecular formula is C65H81N7O15. The van der Waals surface area contributed by atoms with E-state index in [2.05, 4.69) is 42.4 Å². The number of fused-ring (bicyclic) bond motifs is 18. The molecule has 0 spiro atoms. The van der Waals surface area contributed by atoms with Crippen molar-refractivity contribution in [3.63, 3.8) is 0 Å². The smallest absolute Gasteiger partial charge is 0.308 e. The van der Waals surface area contributed by atoms with Crippen molar-refractivity contribution in [1.82, 2.24) is 30.2 Å². The Morgan fingerprint density at radius 2 is 1.01 bits per heavy atom. The Labute approximate surface area is 507 Å². The zero-order valence-electron chi connectivity index (χ0n) is 52.1. The second kappa shape index (κ2) is 23.5. The first-order valence-electron chi connectivity index (χ1n) is 30.1. The highest BCUT2D eigenvalue weighted by molar-refractivity contribution is 5.78. The van der Waals surface area contributed by atoms with Crippen molar-refractivity contribution in [2.75, 3.05) is 55.0 Å². The van der Waals surface area contributed by atoms with Crippen LogP contribution in [-0.2, 0) is 44.9 Å². The van der Waals surface area contributed by atoms with Crippen LogP contribution in [0.1, 0.15) is 145 Å². The Balaban J connectivity index is 0.000000180. The molecule has 0 aromatic heterocycles. The molecule has 8 aliphatic heterocycles. The minimum atomic E-state index is -0.902. The standard InChI is InChI=1S/C33H40N4O7.C32H41N3O8/c1-15(2)8-25(39)35-13-24-27-20(31(44-18(5)38)17(4)32-33(27)43-14-42-32)11-22-28-26-19(9-16(3)30(41-7)29(26)40)10-21(36(28)6)23(12-34)37(22)24;1-14(2)8-23(37)33-12-22-25-19(29(43-17(5)36)16(4)30-31(25)42-13-41-30)11-20-26-24-18(9-15(3)28(40-7)27(24)38)10-21(34(26)6)32(39)35(20)22/h9,15,21-24,28,40H,8,10-11,13-14H2,1-7H3,(H,35,39);9,14,20-22,26,32,38-39H,8,10-13H2,1-7H3,(H,33,37)/t21-,22?,23-,24-,28-;20?,21-,22-,26-,32-/m00/s1. The normalized spacial score (nSPS) is 25.3. The predicted octanol–water partition coefficient (Wildman–Crippen LogP) is 6.64. The van der Waals surface area contributed by atoms with Gasteiger partial charge in [-0.15, -0.1) is 0 Å². The molecule has 466 valence electrons. The number of benzene rings is 4. The molecule has 4 aromatic rings. The lowest BCUT2D eigenvalue weighted by Gasteiger charge is -2.60. The van der Waals surface area contributed by atoms with Gasteiger partial charge in [0.05, 0.1) is 50.5 Å². The lowest BCUT2D eigenvalue weighted by atomic mass is 9.71. The van der Waals surface area contributed by atoms with Crippen LogP contribution in [-0.4, -0.2) is 150 Å². The summed E-state index contributed by atoms with van der Waals surface area (Å²) in [5.41, 5.74) is 9.51. The molecule has 87 heavy (non-hydrogen) atoms. The maximum atomic E-state index is 13.0. The number of phenolic OH excluding ortho intramolecular Hbond substituents is 2. The highest BCUT2D eigenvalue weighted by Gasteiger charge is 2.59. The molecule has 2 fully saturated rings. The van der Waals surface area contributed by atoms with Crippen LogP contribution in [0.2, 0.25) is 0 Å². The third kappa shape index (κ3) is 10.2. The van der Waals surface area contributed by atoms with Gasteiger partial charge in [0.25, 0.3) is 0 Å². The summed E-state index contributed by atoms with van der Waals surface area (Å²) in [6.07, 6.45) is 1.70. The number of piperazine rings is 2. The molecule has 22 heteroatoms. The van der Waals surface area contributed by atoms with E-state index >= 15 is 0 Å². The van der Waals surface area contributed by atoms with Crippen LogP contribution in [0, 0.1) is 50.9 Å². The molecule has 5 N–H and O–H groups in total. The summed E-state index contributed by atoms with van der Waals surface area (Å²) in [7, 11) is 7.06. The molecule has 22 nitrogen and oxygen atoms in total. The number of phenols is 2. The number of amides is 2. The molecule has 4 bridgehead atoms. The number of aromatic hydroxyl groups is 2. The summed E-state index contributed by atoms with van der Waals surface area (Å²) < 4.78 is 46.8. The van der Waals surface area contributed by atoms with Gasteiger partial charge in [0.15, 0.2) is 46.0 Å². The molecular weight excluding hydrogens is 1120 g/mol. The van der Waals surface area contributed by atoms with Crippen molar-refractivity contribution in [1.29, 1.82) is 5.26 Å². The van der Waals surface area contributed by atoms with Gasteiger partial charge in [-0.3, -0.25) is 38.8 Å². The number of nitriles is 1. The Bertz CT molecular complexity index is 3530. The lowest BCUT2D eigenvalue weighted by Crippen LogP contribution is -2.69. The number of esters is 2. The average Bonchev–Trinajstić information content (AvgIpc) is 1.28. The van der Waals surface area contributed by atoms with Gasteiger partial charge in [0.1, 0.15) is 23.8 Å². The van der Waals surface area contributed by atoms with Crippen LogP contribution in [0.5, 0.6) is 57.5 Å². The number of nitrogens with zero attached hydrogens (tertiary/aromatic N) is 5. The molecule has 8 heterocycles. The number of carbonyl (C=O) groups excluding carboxylic acids is 4. The van der Waals surface area contributed by atoms with Crippen LogP contribution in [0.25, 0.3) is 0 Å². The number of nitrogens with one attached hydrogen (secondary N) is 2. The number of carbonyl (C=O) groups is 4. The van der Waals surface area contributed by atoms with Gasteiger partial charge in [-0.1, -0.05) is 39.8 Å². The van der Waals surface area contributed by atoms with Crippen LogP contribution < -0.4 is 48.5 Å². The fourth-order valence-corrected chi connectivity index (χ4v) is 15.7. The highest BCUT2D eigenvalue weighted by atomic mass is 16.7. The summed E-state index contributed by atoms with van der Waals surface area (Å²) in [4.78, 5) is 59.3. The minimum absolute atomic E-state index is 0.0120. The fraction of sp³-hybridized carbons (Fsp3) is 0.554.